The highest BCUT2D eigenvalue weighted by atomic mass is 16.2. The Morgan fingerprint density at radius 1 is 1.05 bits per heavy atom. The maximum absolute atomic E-state index is 13.5. The number of nitrogens with zero attached hydrogens (tertiary/aromatic N) is 3. The number of carbonyl (C=O) groups is 1. The van der Waals surface area contributed by atoms with Gasteiger partial charge in [0.15, 0.2) is 0 Å². The quantitative estimate of drug-likeness (QED) is 0.327. The minimum absolute atomic E-state index is 0.0145. The highest BCUT2D eigenvalue weighted by molar-refractivity contribution is 5.85. The second kappa shape index (κ2) is 11.8. The number of benzene rings is 1. The Morgan fingerprint density at radius 2 is 1.74 bits per heavy atom. The van der Waals surface area contributed by atoms with Crippen LogP contribution in [0.5, 0.6) is 0 Å². The number of amides is 1. The molecule has 2 heterocycles. The van der Waals surface area contributed by atoms with Crippen molar-refractivity contribution >= 4 is 28.3 Å². The van der Waals surface area contributed by atoms with Crippen LogP contribution in [0.25, 0.3) is 11.0 Å². The molecule has 2 aromatic heterocycles. The van der Waals surface area contributed by atoms with Crippen molar-refractivity contribution in [1.82, 2.24) is 14.9 Å². The fraction of sp³-hybridized carbons (Fsp3) is 0.545. The summed E-state index contributed by atoms with van der Waals surface area (Å²) in [5.41, 5.74) is 7.36. The van der Waals surface area contributed by atoms with Gasteiger partial charge in [0.05, 0.1) is 29.0 Å². The second-order valence-electron chi connectivity index (χ2n) is 12.2. The molecule has 0 saturated heterocycles. The Labute approximate surface area is 229 Å². The van der Waals surface area contributed by atoms with Crippen molar-refractivity contribution in [3.05, 3.63) is 59.4 Å². The number of hydrogen-bond acceptors (Lipinski definition) is 4. The van der Waals surface area contributed by atoms with Crippen LogP contribution in [-0.4, -0.2) is 27.8 Å². The van der Waals surface area contributed by atoms with E-state index in [1.807, 2.05) is 18.1 Å². The predicted molar refractivity (Wildman–Crippen MR) is 159 cm³/mol. The molecule has 1 aliphatic rings. The lowest BCUT2D eigenvalue weighted by Crippen LogP contribution is -2.41. The van der Waals surface area contributed by atoms with Crippen LogP contribution in [0.2, 0.25) is 0 Å². The smallest absolute Gasteiger partial charge is 0.225 e. The van der Waals surface area contributed by atoms with Gasteiger partial charge in [-0.05, 0) is 66.8 Å². The number of fused-ring (bicyclic) bond motifs is 1. The van der Waals surface area contributed by atoms with Crippen LogP contribution in [0.15, 0.2) is 42.6 Å². The fourth-order valence-electron chi connectivity index (χ4n) is 6.10. The number of carbonyl (C=O) groups excluding carboxylic acids is 1. The van der Waals surface area contributed by atoms with Gasteiger partial charge in [0.1, 0.15) is 0 Å². The van der Waals surface area contributed by atoms with Crippen LogP contribution < -0.4 is 5.32 Å². The molecule has 204 valence electrons. The molecule has 1 saturated carbocycles. The normalized spacial score (nSPS) is 16.3. The maximum atomic E-state index is 13.5. The third kappa shape index (κ3) is 6.03. The highest BCUT2D eigenvalue weighted by Crippen LogP contribution is 2.40. The third-order valence-electron chi connectivity index (χ3n) is 8.29. The molecule has 2 atom stereocenters. The third-order valence-corrected chi connectivity index (χ3v) is 8.29. The topological polar surface area (TPSA) is 58.1 Å². The Bertz CT molecular complexity index is 1240. The van der Waals surface area contributed by atoms with Crippen molar-refractivity contribution in [3.8, 4) is 0 Å². The molecule has 0 unspecified atom stereocenters. The van der Waals surface area contributed by atoms with E-state index in [-0.39, 0.29) is 17.4 Å². The molecule has 0 spiro atoms. The summed E-state index contributed by atoms with van der Waals surface area (Å²) in [4.78, 5) is 25.2. The van der Waals surface area contributed by atoms with Crippen LogP contribution >= 0.6 is 0 Å². The van der Waals surface area contributed by atoms with E-state index in [0.29, 0.717) is 11.8 Å². The molecule has 1 amide bonds. The molecule has 1 aromatic carbocycles. The van der Waals surface area contributed by atoms with Crippen LogP contribution in [0.1, 0.15) is 109 Å². The Morgan fingerprint density at radius 3 is 2.34 bits per heavy atom. The number of aryl methyl sites for hydroxylation is 1. The molecule has 0 aliphatic heterocycles. The average molecular weight is 515 g/mol. The Hall–Kier alpha value is -2.95. The van der Waals surface area contributed by atoms with E-state index < -0.39 is 0 Å². The minimum atomic E-state index is -0.0807. The van der Waals surface area contributed by atoms with E-state index in [1.54, 1.807) is 0 Å². The predicted octanol–water partition coefficient (Wildman–Crippen LogP) is 8.58. The standard InChI is InChI=1S/C33H46N4O/c1-8-22(3)29-28(21-34-27-20-19-25(9-2)36-30(27)29)35-26-17-15-23(16-18-26)31(33(4,5)6)37(7)32(38)24-13-11-10-12-14-24/h15-22,24,31,35H,8-14H2,1-7H3/t22-,31+/m1/s1. The van der Waals surface area contributed by atoms with E-state index >= 15 is 0 Å². The van der Waals surface area contributed by atoms with Crippen molar-refractivity contribution in [2.45, 2.75) is 98.4 Å². The largest absolute Gasteiger partial charge is 0.354 e. The summed E-state index contributed by atoms with van der Waals surface area (Å²) in [6, 6.07) is 12.8. The van der Waals surface area contributed by atoms with Crippen LogP contribution in [0.3, 0.4) is 0 Å². The van der Waals surface area contributed by atoms with Gasteiger partial charge in [-0.3, -0.25) is 14.8 Å². The van der Waals surface area contributed by atoms with Gasteiger partial charge in [-0.15, -0.1) is 0 Å². The number of anilines is 2. The molecule has 0 radical (unpaired) electrons. The van der Waals surface area contributed by atoms with E-state index in [9.17, 15) is 4.79 Å². The molecule has 1 fully saturated rings. The van der Waals surface area contributed by atoms with Crippen molar-refractivity contribution in [2.75, 3.05) is 12.4 Å². The summed E-state index contributed by atoms with van der Waals surface area (Å²) in [5, 5.41) is 3.64. The summed E-state index contributed by atoms with van der Waals surface area (Å²) >= 11 is 0. The van der Waals surface area contributed by atoms with Gasteiger partial charge < -0.3 is 10.2 Å². The molecule has 0 bridgehead atoms. The number of nitrogens with one attached hydrogen (secondary N) is 1. The number of rotatable bonds is 8. The summed E-state index contributed by atoms with van der Waals surface area (Å²) in [6.07, 6.45) is 9.52. The number of hydrogen-bond donors (Lipinski definition) is 1. The zero-order valence-corrected chi connectivity index (χ0v) is 24.5. The molecular weight excluding hydrogens is 468 g/mol. The zero-order chi connectivity index (χ0) is 27.4. The molecule has 38 heavy (non-hydrogen) atoms. The van der Waals surface area contributed by atoms with E-state index in [1.165, 1.54) is 30.4 Å². The SMILES string of the molecule is CCc1ccc2ncc(Nc3ccc([C@H](N(C)C(=O)C4CCCCC4)C(C)(C)C)cc3)c([C@H](C)CC)c2n1. The Balaban J connectivity index is 1.63. The van der Waals surface area contributed by atoms with Gasteiger partial charge in [0.2, 0.25) is 5.91 Å². The van der Waals surface area contributed by atoms with E-state index in [0.717, 1.165) is 53.8 Å². The van der Waals surface area contributed by atoms with Gasteiger partial charge in [-0.1, -0.05) is 72.9 Å². The monoisotopic (exact) mass is 514 g/mol. The van der Waals surface area contributed by atoms with Gasteiger partial charge in [-0.25, -0.2) is 0 Å². The van der Waals surface area contributed by atoms with E-state index in [4.69, 9.17) is 9.97 Å². The molecule has 1 aliphatic carbocycles. The summed E-state index contributed by atoms with van der Waals surface area (Å²) < 4.78 is 0. The van der Waals surface area contributed by atoms with E-state index in [2.05, 4.69) is 83.3 Å². The van der Waals surface area contributed by atoms with Crippen LogP contribution in [0, 0.1) is 11.3 Å². The van der Waals surface area contributed by atoms with Gasteiger partial charge >= 0.3 is 0 Å². The molecule has 1 N–H and O–H groups in total. The number of pyridine rings is 2. The summed E-state index contributed by atoms with van der Waals surface area (Å²) in [6.45, 7) is 13.3. The fourth-order valence-corrected chi connectivity index (χ4v) is 6.10. The van der Waals surface area contributed by atoms with Crippen molar-refractivity contribution in [1.29, 1.82) is 0 Å². The lowest BCUT2D eigenvalue weighted by atomic mass is 9.80. The Kier molecular flexibility index (Phi) is 8.74. The number of aromatic nitrogens is 2. The first-order valence-corrected chi connectivity index (χ1v) is 14.6. The first kappa shape index (κ1) is 28.1. The maximum Gasteiger partial charge on any atom is 0.225 e. The molecule has 4 rings (SSSR count). The zero-order valence-electron chi connectivity index (χ0n) is 24.5. The van der Waals surface area contributed by atoms with Gasteiger partial charge in [-0.2, -0.15) is 0 Å². The summed E-state index contributed by atoms with van der Waals surface area (Å²) in [7, 11) is 2.00. The van der Waals surface area contributed by atoms with Crippen molar-refractivity contribution in [3.63, 3.8) is 0 Å². The van der Waals surface area contributed by atoms with Crippen LogP contribution in [-0.2, 0) is 11.2 Å². The second-order valence-corrected chi connectivity index (χ2v) is 12.2. The molecule has 5 heteroatoms. The highest BCUT2D eigenvalue weighted by Gasteiger charge is 2.35. The molecule has 3 aromatic rings. The van der Waals surface area contributed by atoms with Crippen molar-refractivity contribution in [2.24, 2.45) is 11.3 Å². The lowest BCUT2D eigenvalue weighted by molar-refractivity contribution is -0.139. The first-order valence-electron chi connectivity index (χ1n) is 14.6. The van der Waals surface area contributed by atoms with Gasteiger partial charge in [0, 0.05) is 29.9 Å². The van der Waals surface area contributed by atoms with Crippen LogP contribution in [0.4, 0.5) is 11.4 Å². The first-order chi connectivity index (χ1) is 18.1. The molecular formula is C33H46N4O. The average Bonchev–Trinajstić information content (AvgIpc) is 2.92. The van der Waals surface area contributed by atoms with Crippen molar-refractivity contribution < 1.29 is 4.79 Å². The minimum Gasteiger partial charge on any atom is -0.354 e. The van der Waals surface area contributed by atoms with Gasteiger partial charge in [0.25, 0.3) is 0 Å². The lowest BCUT2D eigenvalue weighted by Gasteiger charge is -2.40. The summed E-state index contributed by atoms with van der Waals surface area (Å²) in [5.74, 6) is 0.818. The molecule has 5 nitrogen and oxygen atoms in total.